The molecule has 138 valence electrons. The molecule has 1 amide bonds. The maximum atomic E-state index is 13.7. The van der Waals surface area contributed by atoms with Gasteiger partial charge in [0.2, 0.25) is 0 Å². The van der Waals surface area contributed by atoms with Crippen molar-refractivity contribution in [3.05, 3.63) is 35.1 Å². The van der Waals surface area contributed by atoms with Crippen LogP contribution in [0.1, 0.15) is 35.7 Å². The summed E-state index contributed by atoms with van der Waals surface area (Å²) in [5.41, 5.74) is -1.75. The van der Waals surface area contributed by atoms with Crippen LogP contribution in [0.3, 0.4) is 0 Å². The zero-order chi connectivity index (χ0) is 18.8. The molecule has 1 aliphatic rings. The van der Waals surface area contributed by atoms with Crippen LogP contribution >= 0.6 is 0 Å². The number of hydrogen-bond donors (Lipinski definition) is 2. The van der Waals surface area contributed by atoms with E-state index in [1.54, 1.807) is 4.90 Å². The van der Waals surface area contributed by atoms with Gasteiger partial charge in [-0.05, 0) is 37.6 Å². The molecule has 1 aromatic rings. The van der Waals surface area contributed by atoms with Crippen LogP contribution in [0.25, 0.3) is 0 Å². The van der Waals surface area contributed by atoms with Crippen molar-refractivity contribution in [3.8, 4) is 0 Å². The van der Waals surface area contributed by atoms with Crippen molar-refractivity contribution in [1.29, 1.82) is 0 Å². The van der Waals surface area contributed by atoms with Gasteiger partial charge in [0.05, 0.1) is 17.7 Å². The average molecular weight is 362 g/mol. The molecule has 1 aromatic carbocycles. The van der Waals surface area contributed by atoms with Gasteiger partial charge in [0.15, 0.2) is 0 Å². The lowest BCUT2D eigenvalue weighted by molar-refractivity contribution is -0.139. The number of rotatable bonds is 6. The molecule has 0 saturated heterocycles. The van der Waals surface area contributed by atoms with Crippen LogP contribution in [0.5, 0.6) is 0 Å². The first kappa shape index (κ1) is 19.2. The third-order valence-corrected chi connectivity index (χ3v) is 4.25. The maximum absolute atomic E-state index is 13.7. The van der Waals surface area contributed by atoms with E-state index in [2.05, 4.69) is 5.32 Å². The number of nitrogens with zero attached hydrogens (tertiary/aromatic N) is 1. The monoisotopic (exact) mass is 362 g/mol. The van der Waals surface area contributed by atoms with Crippen LogP contribution in [0.2, 0.25) is 0 Å². The van der Waals surface area contributed by atoms with Gasteiger partial charge >= 0.3 is 12.1 Å². The van der Waals surface area contributed by atoms with Crippen LogP contribution in [-0.2, 0) is 11.0 Å². The van der Waals surface area contributed by atoms with Crippen molar-refractivity contribution in [1.82, 2.24) is 10.2 Å². The lowest BCUT2D eigenvalue weighted by Crippen LogP contribution is -2.54. The first-order valence-electron chi connectivity index (χ1n) is 7.75. The predicted octanol–water partition coefficient (Wildman–Crippen LogP) is 2.51. The van der Waals surface area contributed by atoms with E-state index in [-0.39, 0.29) is 18.6 Å². The predicted molar refractivity (Wildman–Crippen MR) is 80.6 cm³/mol. The average Bonchev–Trinajstić information content (AvgIpc) is 2.47. The Kier molecular flexibility index (Phi) is 5.66. The van der Waals surface area contributed by atoms with Gasteiger partial charge in [-0.1, -0.05) is 6.92 Å². The molecule has 0 radical (unpaired) electrons. The lowest BCUT2D eigenvalue weighted by Gasteiger charge is -2.42. The summed E-state index contributed by atoms with van der Waals surface area (Å²) >= 11 is 0. The minimum atomic E-state index is -4.66. The highest BCUT2D eigenvalue weighted by Gasteiger charge is 2.36. The summed E-state index contributed by atoms with van der Waals surface area (Å²) < 4.78 is 51.7. The summed E-state index contributed by atoms with van der Waals surface area (Å²) in [5, 5.41) is 11.3. The number of hydrogen-bond acceptors (Lipinski definition) is 3. The number of carbonyl (C=O) groups is 2. The highest BCUT2D eigenvalue weighted by molar-refractivity contribution is 5.95. The molecule has 1 saturated carbocycles. The third-order valence-electron chi connectivity index (χ3n) is 4.25. The van der Waals surface area contributed by atoms with Gasteiger partial charge in [-0.15, -0.1) is 0 Å². The van der Waals surface area contributed by atoms with Crippen LogP contribution in [0.15, 0.2) is 18.2 Å². The van der Waals surface area contributed by atoms with Gasteiger partial charge in [0.25, 0.3) is 5.91 Å². The smallest absolute Gasteiger partial charge is 0.416 e. The van der Waals surface area contributed by atoms with E-state index in [1.165, 1.54) is 0 Å². The summed E-state index contributed by atoms with van der Waals surface area (Å²) in [7, 11) is 0. The molecule has 0 heterocycles. The number of alkyl halides is 3. The van der Waals surface area contributed by atoms with E-state index in [0.717, 1.165) is 0 Å². The van der Waals surface area contributed by atoms with E-state index >= 15 is 0 Å². The van der Waals surface area contributed by atoms with E-state index in [9.17, 15) is 27.2 Å². The number of halogens is 4. The van der Waals surface area contributed by atoms with Crippen LogP contribution in [0, 0.1) is 5.82 Å². The molecule has 2 rings (SSSR count). The van der Waals surface area contributed by atoms with Gasteiger partial charge in [-0.25, -0.2) is 4.39 Å². The largest absolute Gasteiger partial charge is 0.480 e. The van der Waals surface area contributed by atoms with Crippen LogP contribution < -0.4 is 5.32 Å². The molecule has 1 fully saturated rings. The Balaban J connectivity index is 1.97. The van der Waals surface area contributed by atoms with Crippen LogP contribution in [-0.4, -0.2) is 47.1 Å². The molecule has 5 nitrogen and oxygen atoms in total. The molecular formula is C16H18F4N2O3. The topological polar surface area (TPSA) is 69.6 Å². The van der Waals surface area contributed by atoms with Gasteiger partial charge in [-0.2, -0.15) is 13.2 Å². The van der Waals surface area contributed by atoms with Crippen molar-refractivity contribution >= 4 is 11.9 Å². The molecule has 0 spiro atoms. The van der Waals surface area contributed by atoms with Crippen molar-refractivity contribution in [2.45, 2.75) is 38.0 Å². The van der Waals surface area contributed by atoms with Gasteiger partial charge < -0.3 is 10.4 Å². The Morgan fingerprint density at radius 1 is 1.32 bits per heavy atom. The molecule has 0 bridgehead atoms. The van der Waals surface area contributed by atoms with Crippen molar-refractivity contribution in [2.75, 3.05) is 13.1 Å². The van der Waals surface area contributed by atoms with Crippen molar-refractivity contribution < 1.29 is 32.3 Å². The fourth-order valence-electron chi connectivity index (χ4n) is 2.82. The first-order chi connectivity index (χ1) is 11.6. The minimum absolute atomic E-state index is 0.0299. The molecule has 2 N–H and O–H groups in total. The number of amides is 1. The van der Waals surface area contributed by atoms with Gasteiger partial charge in [0, 0.05) is 12.1 Å². The fourth-order valence-corrected chi connectivity index (χ4v) is 2.82. The lowest BCUT2D eigenvalue weighted by atomic mass is 9.85. The zero-order valence-corrected chi connectivity index (χ0v) is 13.4. The number of benzene rings is 1. The minimum Gasteiger partial charge on any atom is -0.480 e. The van der Waals surface area contributed by atoms with Crippen molar-refractivity contribution in [2.24, 2.45) is 0 Å². The summed E-state index contributed by atoms with van der Waals surface area (Å²) in [6.45, 7) is 2.22. The summed E-state index contributed by atoms with van der Waals surface area (Å²) in [6, 6.07) is 1.33. The Morgan fingerprint density at radius 3 is 2.48 bits per heavy atom. The number of likely N-dealkylation sites (N-methyl/N-ethyl adjacent to an activating group) is 1. The Bertz CT molecular complexity index is 657. The Morgan fingerprint density at radius 2 is 1.96 bits per heavy atom. The molecule has 0 unspecified atom stereocenters. The second-order valence-electron chi connectivity index (χ2n) is 5.94. The van der Waals surface area contributed by atoms with Gasteiger partial charge in [0.1, 0.15) is 5.82 Å². The van der Waals surface area contributed by atoms with E-state index < -0.39 is 35.0 Å². The highest BCUT2D eigenvalue weighted by atomic mass is 19.4. The SMILES string of the molecule is CCN(CC(=O)O)C1CC(NC(=O)c2cc(C(F)(F)F)ccc2F)C1. The summed E-state index contributed by atoms with van der Waals surface area (Å²) in [5.74, 6) is -2.89. The molecule has 0 aromatic heterocycles. The first-order valence-corrected chi connectivity index (χ1v) is 7.75. The molecule has 0 atom stereocenters. The summed E-state index contributed by atoms with van der Waals surface area (Å²) in [6.07, 6.45) is -3.73. The number of nitrogens with one attached hydrogen (secondary N) is 1. The van der Waals surface area contributed by atoms with E-state index in [0.29, 0.717) is 37.6 Å². The molecular weight excluding hydrogens is 344 g/mol. The van der Waals surface area contributed by atoms with E-state index in [4.69, 9.17) is 5.11 Å². The Labute approximate surface area is 141 Å². The van der Waals surface area contributed by atoms with E-state index in [1.807, 2.05) is 6.92 Å². The number of carbonyl (C=O) groups excluding carboxylic acids is 1. The number of aliphatic carboxylic acids is 1. The third kappa shape index (κ3) is 4.68. The maximum Gasteiger partial charge on any atom is 0.416 e. The molecule has 25 heavy (non-hydrogen) atoms. The number of carboxylic acids is 1. The highest BCUT2D eigenvalue weighted by Crippen LogP contribution is 2.31. The normalized spacial score (nSPS) is 20.2. The van der Waals surface area contributed by atoms with Crippen LogP contribution in [0.4, 0.5) is 17.6 Å². The second kappa shape index (κ2) is 7.38. The fraction of sp³-hybridized carbons (Fsp3) is 0.500. The molecule has 9 heteroatoms. The number of carboxylic acid groups (broad SMARTS) is 1. The molecule has 1 aliphatic carbocycles. The summed E-state index contributed by atoms with van der Waals surface area (Å²) in [4.78, 5) is 24.5. The molecule has 0 aliphatic heterocycles. The second-order valence-corrected chi connectivity index (χ2v) is 5.94. The quantitative estimate of drug-likeness (QED) is 0.763. The zero-order valence-electron chi connectivity index (χ0n) is 13.4. The van der Waals surface area contributed by atoms with Crippen molar-refractivity contribution in [3.63, 3.8) is 0 Å². The van der Waals surface area contributed by atoms with Gasteiger partial charge in [-0.3, -0.25) is 14.5 Å². The standard InChI is InChI=1S/C16H18F4N2O3/c1-2-22(8-14(23)24)11-6-10(7-11)21-15(25)12-5-9(16(18,19)20)3-4-13(12)17/h3-5,10-11H,2,6-8H2,1H3,(H,21,25)(H,23,24). The Hall–Kier alpha value is -2.16.